The standard InChI is InChI=1S/C13H16F3N3/c14-13(15,16)9-5-11(17)19-12(6-9)18-10-4-7-1-2-8(10)3-7/h5-8,10H,1-4H2,(H3,17,18,19). The zero-order valence-electron chi connectivity index (χ0n) is 10.4. The molecule has 3 N–H and O–H groups in total. The largest absolute Gasteiger partial charge is 0.416 e. The van der Waals surface area contributed by atoms with Gasteiger partial charge in [-0.15, -0.1) is 0 Å². The highest BCUT2D eigenvalue weighted by molar-refractivity contribution is 5.48. The van der Waals surface area contributed by atoms with Gasteiger partial charge in [0.2, 0.25) is 0 Å². The lowest BCUT2D eigenvalue weighted by atomic mass is 9.95. The van der Waals surface area contributed by atoms with Gasteiger partial charge in [-0.25, -0.2) is 4.98 Å². The second-order valence-corrected chi connectivity index (χ2v) is 5.59. The topological polar surface area (TPSA) is 50.9 Å². The number of rotatable bonds is 2. The van der Waals surface area contributed by atoms with Gasteiger partial charge in [0.05, 0.1) is 5.56 Å². The average molecular weight is 271 g/mol. The van der Waals surface area contributed by atoms with Crippen molar-refractivity contribution < 1.29 is 13.2 Å². The maximum Gasteiger partial charge on any atom is 0.416 e. The third-order valence-corrected chi connectivity index (χ3v) is 4.24. The first-order valence-corrected chi connectivity index (χ1v) is 6.53. The Kier molecular flexibility index (Phi) is 2.83. The van der Waals surface area contributed by atoms with E-state index >= 15 is 0 Å². The number of nitrogens with zero attached hydrogens (tertiary/aromatic N) is 1. The number of aromatic nitrogens is 1. The van der Waals surface area contributed by atoms with E-state index in [0.29, 0.717) is 5.92 Å². The summed E-state index contributed by atoms with van der Waals surface area (Å²) < 4.78 is 38.1. The molecule has 0 aliphatic heterocycles. The minimum Gasteiger partial charge on any atom is -0.384 e. The number of nitrogens with one attached hydrogen (secondary N) is 1. The van der Waals surface area contributed by atoms with Gasteiger partial charge in [0.15, 0.2) is 0 Å². The van der Waals surface area contributed by atoms with E-state index < -0.39 is 11.7 Å². The molecule has 2 bridgehead atoms. The summed E-state index contributed by atoms with van der Waals surface area (Å²) in [6.45, 7) is 0. The van der Waals surface area contributed by atoms with Gasteiger partial charge >= 0.3 is 6.18 Å². The smallest absolute Gasteiger partial charge is 0.384 e. The molecule has 3 unspecified atom stereocenters. The van der Waals surface area contributed by atoms with Crippen molar-refractivity contribution in [3.05, 3.63) is 17.7 Å². The fourth-order valence-electron chi connectivity index (χ4n) is 3.40. The Balaban J connectivity index is 1.79. The highest BCUT2D eigenvalue weighted by Gasteiger charge is 2.40. The first-order chi connectivity index (χ1) is 8.91. The average Bonchev–Trinajstić information content (AvgIpc) is 2.88. The lowest BCUT2D eigenvalue weighted by Crippen LogP contribution is -2.26. The second kappa shape index (κ2) is 4.28. The fraction of sp³-hybridized carbons (Fsp3) is 0.615. The molecule has 0 spiro atoms. The minimum absolute atomic E-state index is 0.0968. The molecule has 1 heterocycles. The number of anilines is 2. The molecule has 0 amide bonds. The highest BCUT2D eigenvalue weighted by atomic mass is 19.4. The summed E-state index contributed by atoms with van der Waals surface area (Å²) in [5.74, 6) is 1.44. The summed E-state index contributed by atoms with van der Waals surface area (Å²) in [6.07, 6.45) is 0.245. The van der Waals surface area contributed by atoms with Crippen LogP contribution in [0, 0.1) is 11.8 Å². The fourth-order valence-corrected chi connectivity index (χ4v) is 3.40. The molecule has 2 aliphatic carbocycles. The van der Waals surface area contributed by atoms with Crippen LogP contribution in [0.1, 0.15) is 31.2 Å². The molecule has 2 saturated carbocycles. The predicted molar refractivity (Wildman–Crippen MR) is 66.5 cm³/mol. The summed E-state index contributed by atoms with van der Waals surface area (Å²) in [5, 5.41) is 3.13. The summed E-state index contributed by atoms with van der Waals surface area (Å²) in [6, 6.07) is 2.16. The molecule has 0 saturated heterocycles. The van der Waals surface area contributed by atoms with Crippen LogP contribution in [0.5, 0.6) is 0 Å². The Bertz CT molecular complexity index is 487. The molecule has 3 atom stereocenters. The van der Waals surface area contributed by atoms with Crippen LogP contribution in [-0.2, 0) is 6.18 Å². The summed E-state index contributed by atoms with van der Waals surface area (Å²) in [7, 11) is 0. The summed E-state index contributed by atoms with van der Waals surface area (Å²) in [5.41, 5.74) is 4.71. The third-order valence-electron chi connectivity index (χ3n) is 4.24. The predicted octanol–water partition coefficient (Wildman–Crippen LogP) is 3.28. The van der Waals surface area contributed by atoms with Crippen molar-refractivity contribution in [2.45, 2.75) is 37.9 Å². The zero-order chi connectivity index (χ0) is 13.6. The zero-order valence-corrected chi connectivity index (χ0v) is 10.4. The van der Waals surface area contributed by atoms with Crippen molar-refractivity contribution in [2.75, 3.05) is 11.1 Å². The molecule has 2 aliphatic rings. The van der Waals surface area contributed by atoms with Crippen LogP contribution >= 0.6 is 0 Å². The van der Waals surface area contributed by atoms with Gasteiger partial charge in [0.1, 0.15) is 11.6 Å². The van der Waals surface area contributed by atoms with E-state index in [9.17, 15) is 13.2 Å². The van der Waals surface area contributed by atoms with Gasteiger partial charge < -0.3 is 11.1 Å². The highest BCUT2D eigenvalue weighted by Crippen LogP contribution is 2.45. The van der Waals surface area contributed by atoms with E-state index in [4.69, 9.17) is 5.73 Å². The van der Waals surface area contributed by atoms with Crippen LogP contribution in [0.4, 0.5) is 24.8 Å². The molecule has 6 heteroatoms. The molecular weight excluding hydrogens is 255 g/mol. The van der Waals surface area contributed by atoms with Crippen LogP contribution in [0.2, 0.25) is 0 Å². The lowest BCUT2D eigenvalue weighted by Gasteiger charge is -2.24. The van der Waals surface area contributed by atoms with Gasteiger partial charge in [-0.3, -0.25) is 0 Å². The second-order valence-electron chi connectivity index (χ2n) is 5.59. The van der Waals surface area contributed by atoms with Crippen LogP contribution in [0.15, 0.2) is 12.1 Å². The van der Waals surface area contributed by atoms with Crippen LogP contribution in [0.3, 0.4) is 0 Å². The van der Waals surface area contributed by atoms with E-state index in [1.165, 1.54) is 12.8 Å². The van der Waals surface area contributed by atoms with Crippen molar-refractivity contribution in [1.82, 2.24) is 4.98 Å². The first-order valence-electron chi connectivity index (χ1n) is 6.53. The lowest BCUT2D eigenvalue weighted by molar-refractivity contribution is -0.137. The van der Waals surface area contributed by atoms with Gasteiger partial charge in [0, 0.05) is 6.04 Å². The van der Waals surface area contributed by atoms with Crippen LogP contribution in [-0.4, -0.2) is 11.0 Å². The Morgan fingerprint density at radius 3 is 2.58 bits per heavy atom. The quantitative estimate of drug-likeness (QED) is 0.867. The van der Waals surface area contributed by atoms with Crippen molar-refractivity contribution in [1.29, 1.82) is 0 Å². The third kappa shape index (κ3) is 2.48. The van der Waals surface area contributed by atoms with Crippen molar-refractivity contribution >= 4 is 11.6 Å². The number of nitrogens with two attached hydrogens (primary N) is 1. The molecule has 0 aromatic carbocycles. The number of fused-ring (bicyclic) bond motifs is 2. The normalized spacial score (nSPS) is 29.7. The minimum atomic E-state index is -4.39. The monoisotopic (exact) mass is 271 g/mol. The van der Waals surface area contributed by atoms with Crippen molar-refractivity contribution in [3.8, 4) is 0 Å². The first kappa shape index (κ1) is 12.6. The Morgan fingerprint density at radius 2 is 2.00 bits per heavy atom. The number of pyridine rings is 1. The molecule has 3 nitrogen and oxygen atoms in total. The van der Waals surface area contributed by atoms with Crippen LogP contribution < -0.4 is 11.1 Å². The van der Waals surface area contributed by atoms with Crippen LogP contribution in [0.25, 0.3) is 0 Å². The van der Waals surface area contributed by atoms with Gasteiger partial charge in [-0.05, 0) is 43.2 Å². The Morgan fingerprint density at radius 1 is 1.21 bits per heavy atom. The van der Waals surface area contributed by atoms with Gasteiger partial charge in [-0.1, -0.05) is 6.42 Å². The van der Waals surface area contributed by atoms with Gasteiger partial charge in [-0.2, -0.15) is 13.2 Å². The molecule has 19 heavy (non-hydrogen) atoms. The molecule has 1 aromatic heterocycles. The Labute approximate surface area is 109 Å². The molecule has 0 radical (unpaired) electrons. The molecular formula is C13H16F3N3. The van der Waals surface area contributed by atoms with E-state index in [-0.39, 0.29) is 17.7 Å². The van der Waals surface area contributed by atoms with E-state index in [2.05, 4.69) is 10.3 Å². The van der Waals surface area contributed by atoms with Crippen molar-refractivity contribution in [3.63, 3.8) is 0 Å². The number of hydrogen-bond donors (Lipinski definition) is 2. The summed E-state index contributed by atoms with van der Waals surface area (Å²) in [4.78, 5) is 3.96. The SMILES string of the molecule is Nc1cc(C(F)(F)F)cc(NC2CC3CCC2C3)n1. The maximum atomic E-state index is 12.7. The van der Waals surface area contributed by atoms with E-state index in [1.54, 1.807) is 0 Å². The molecule has 1 aromatic rings. The molecule has 2 fully saturated rings. The van der Waals surface area contributed by atoms with E-state index in [0.717, 1.165) is 30.9 Å². The number of hydrogen-bond acceptors (Lipinski definition) is 3. The number of nitrogen functional groups attached to an aromatic ring is 1. The van der Waals surface area contributed by atoms with Gasteiger partial charge in [0.25, 0.3) is 0 Å². The number of alkyl halides is 3. The molecule has 3 rings (SSSR count). The summed E-state index contributed by atoms with van der Waals surface area (Å²) >= 11 is 0. The number of halogens is 3. The van der Waals surface area contributed by atoms with E-state index in [1.807, 2.05) is 0 Å². The maximum absolute atomic E-state index is 12.7. The Hall–Kier alpha value is -1.46. The molecule has 104 valence electrons. The van der Waals surface area contributed by atoms with Crippen molar-refractivity contribution in [2.24, 2.45) is 11.8 Å².